The molecule has 2 rings (SSSR count). The third kappa shape index (κ3) is 3.04. The average molecular weight is 238 g/mol. The summed E-state index contributed by atoms with van der Waals surface area (Å²) in [6, 6.07) is 15.2. The van der Waals surface area contributed by atoms with Crippen molar-refractivity contribution in [1.29, 1.82) is 0 Å². The average Bonchev–Trinajstić information content (AvgIpc) is 2.46. The zero-order chi connectivity index (χ0) is 12.8. The third-order valence-corrected chi connectivity index (χ3v) is 2.54. The van der Waals surface area contributed by atoms with Crippen molar-refractivity contribution >= 4 is 17.8 Å². The highest BCUT2D eigenvalue weighted by Gasteiger charge is 2.07. The van der Waals surface area contributed by atoms with Crippen LogP contribution in [0.4, 0.5) is 5.82 Å². The molecule has 0 radical (unpaired) electrons. The summed E-state index contributed by atoms with van der Waals surface area (Å²) in [5, 5.41) is 0. The van der Waals surface area contributed by atoms with Crippen molar-refractivity contribution in [2.45, 2.75) is 0 Å². The number of carbonyl (C=O) groups is 1. The van der Waals surface area contributed by atoms with Gasteiger partial charge in [-0.15, -0.1) is 0 Å². The fourth-order valence-corrected chi connectivity index (χ4v) is 1.51. The van der Waals surface area contributed by atoms with Crippen LogP contribution in [0.25, 0.3) is 6.08 Å². The second-order valence-corrected chi connectivity index (χ2v) is 3.83. The maximum atomic E-state index is 11.9. The van der Waals surface area contributed by atoms with Gasteiger partial charge in [-0.3, -0.25) is 9.69 Å². The molecule has 1 heterocycles. The Balaban J connectivity index is 2.07. The minimum absolute atomic E-state index is 0.0995. The highest BCUT2D eigenvalue weighted by molar-refractivity contribution is 6.02. The fraction of sp³-hybridized carbons (Fsp3) is 0.0667. The van der Waals surface area contributed by atoms with E-state index < -0.39 is 0 Å². The van der Waals surface area contributed by atoms with E-state index in [-0.39, 0.29) is 5.91 Å². The molecule has 0 unspecified atom stereocenters. The number of amides is 1. The zero-order valence-corrected chi connectivity index (χ0v) is 10.2. The molecule has 0 saturated heterocycles. The van der Waals surface area contributed by atoms with Crippen molar-refractivity contribution in [3.63, 3.8) is 0 Å². The lowest BCUT2D eigenvalue weighted by atomic mass is 10.2. The summed E-state index contributed by atoms with van der Waals surface area (Å²) in [6.07, 6.45) is 5.01. The summed E-state index contributed by atoms with van der Waals surface area (Å²) in [5.74, 6) is 0.540. The molecule has 3 heteroatoms. The van der Waals surface area contributed by atoms with E-state index in [1.807, 2.05) is 42.5 Å². The third-order valence-electron chi connectivity index (χ3n) is 2.54. The first-order valence-electron chi connectivity index (χ1n) is 5.69. The first kappa shape index (κ1) is 12.0. The fourth-order valence-electron chi connectivity index (χ4n) is 1.51. The van der Waals surface area contributed by atoms with Gasteiger partial charge in [-0.25, -0.2) is 4.98 Å². The number of pyridine rings is 1. The minimum atomic E-state index is -0.0995. The molecule has 0 aliphatic rings. The summed E-state index contributed by atoms with van der Waals surface area (Å²) in [5.41, 5.74) is 1.00. The lowest BCUT2D eigenvalue weighted by Crippen LogP contribution is -2.24. The van der Waals surface area contributed by atoms with Crippen molar-refractivity contribution < 1.29 is 4.79 Å². The second-order valence-electron chi connectivity index (χ2n) is 3.83. The lowest BCUT2D eigenvalue weighted by molar-refractivity contribution is -0.113. The van der Waals surface area contributed by atoms with Gasteiger partial charge in [0, 0.05) is 19.3 Å². The Kier molecular flexibility index (Phi) is 3.86. The van der Waals surface area contributed by atoms with Gasteiger partial charge < -0.3 is 0 Å². The van der Waals surface area contributed by atoms with Crippen LogP contribution in [0.15, 0.2) is 60.8 Å². The molecule has 2 aromatic rings. The van der Waals surface area contributed by atoms with Gasteiger partial charge in [-0.05, 0) is 23.8 Å². The molecule has 1 aromatic carbocycles. The van der Waals surface area contributed by atoms with Crippen LogP contribution in [0.2, 0.25) is 0 Å². The molecule has 0 bridgehead atoms. The topological polar surface area (TPSA) is 33.2 Å². The van der Waals surface area contributed by atoms with Gasteiger partial charge in [-0.2, -0.15) is 0 Å². The summed E-state index contributed by atoms with van der Waals surface area (Å²) in [7, 11) is 1.71. The molecule has 0 atom stereocenters. The van der Waals surface area contributed by atoms with E-state index in [9.17, 15) is 4.79 Å². The molecule has 18 heavy (non-hydrogen) atoms. The van der Waals surface area contributed by atoms with Crippen LogP contribution in [0.5, 0.6) is 0 Å². The number of anilines is 1. The summed E-state index contributed by atoms with van der Waals surface area (Å²) < 4.78 is 0. The normalized spacial score (nSPS) is 10.5. The number of aromatic nitrogens is 1. The zero-order valence-electron chi connectivity index (χ0n) is 10.2. The van der Waals surface area contributed by atoms with Crippen LogP contribution in [-0.2, 0) is 4.79 Å². The first-order chi connectivity index (χ1) is 8.77. The Bertz CT molecular complexity index is 535. The molecule has 0 fully saturated rings. The molecule has 90 valence electrons. The first-order valence-corrected chi connectivity index (χ1v) is 5.69. The number of hydrogen-bond donors (Lipinski definition) is 0. The smallest absolute Gasteiger partial charge is 0.251 e. The number of likely N-dealkylation sites (N-methyl/N-ethyl adjacent to an activating group) is 1. The highest BCUT2D eigenvalue weighted by atomic mass is 16.2. The summed E-state index contributed by atoms with van der Waals surface area (Å²) in [4.78, 5) is 17.6. The van der Waals surface area contributed by atoms with Gasteiger partial charge in [0.1, 0.15) is 5.82 Å². The predicted octanol–water partition coefficient (Wildman–Crippen LogP) is 2.76. The van der Waals surface area contributed by atoms with E-state index in [0.29, 0.717) is 5.82 Å². The predicted molar refractivity (Wildman–Crippen MR) is 73.1 cm³/mol. The Hall–Kier alpha value is -2.42. The molecule has 1 amide bonds. The standard InChI is InChI=1S/C15H14N2O/c1-17(14-9-5-6-12-16-14)15(18)11-10-13-7-3-2-4-8-13/h2-12H,1H3. The Labute approximate surface area is 106 Å². The van der Waals surface area contributed by atoms with Crippen molar-refractivity contribution in [3.8, 4) is 0 Å². The maximum absolute atomic E-state index is 11.9. The summed E-state index contributed by atoms with van der Waals surface area (Å²) >= 11 is 0. The van der Waals surface area contributed by atoms with Gasteiger partial charge in [0.15, 0.2) is 0 Å². The number of benzene rings is 1. The van der Waals surface area contributed by atoms with E-state index in [1.54, 1.807) is 31.5 Å². The molecule has 0 aliphatic carbocycles. The van der Waals surface area contributed by atoms with Crippen LogP contribution in [0, 0.1) is 0 Å². The quantitative estimate of drug-likeness (QED) is 0.770. The van der Waals surface area contributed by atoms with Crippen molar-refractivity contribution in [3.05, 3.63) is 66.4 Å². The Morgan fingerprint density at radius 1 is 1.11 bits per heavy atom. The van der Waals surface area contributed by atoms with Gasteiger partial charge in [0.05, 0.1) is 0 Å². The minimum Gasteiger partial charge on any atom is -0.296 e. The van der Waals surface area contributed by atoms with E-state index in [1.165, 1.54) is 4.90 Å². The molecular weight excluding hydrogens is 224 g/mol. The van der Waals surface area contributed by atoms with Crippen LogP contribution in [0.1, 0.15) is 5.56 Å². The maximum Gasteiger partial charge on any atom is 0.251 e. The highest BCUT2D eigenvalue weighted by Crippen LogP contribution is 2.08. The number of carbonyl (C=O) groups excluding carboxylic acids is 1. The van der Waals surface area contributed by atoms with E-state index in [2.05, 4.69) is 4.98 Å². The van der Waals surface area contributed by atoms with E-state index in [0.717, 1.165) is 5.56 Å². The van der Waals surface area contributed by atoms with E-state index in [4.69, 9.17) is 0 Å². The number of nitrogens with zero attached hydrogens (tertiary/aromatic N) is 2. The molecule has 0 spiro atoms. The van der Waals surface area contributed by atoms with Crippen LogP contribution in [0.3, 0.4) is 0 Å². The Morgan fingerprint density at radius 3 is 2.50 bits per heavy atom. The SMILES string of the molecule is CN(C(=O)C=Cc1ccccc1)c1ccccn1. The van der Waals surface area contributed by atoms with Crippen LogP contribution < -0.4 is 4.90 Å². The molecule has 0 N–H and O–H groups in total. The van der Waals surface area contributed by atoms with Gasteiger partial charge in [0.25, 0.3) is 5.91 Å². The molecule has 0 aliphatic heterocycles. The summed E-state index contributed by atoms with van der Waals surface area (Å²) in [6.45, 7) is 0. The van der Waals surface area contributed by atoms with Gasteiger partial charge in [-0.1, -0.05) is 36.4 Å². The Morgan fingerprint density at radius 2 is 1.83 bits per heavy atom. The molecular formula is C15H14N2O. The largest absolute Gasteiger partial charge is 0.296 e. The van der Waals surface area contributed by atoms with Crippen molar-refractivity contribution in [2.75, 3.05) is 11.9 Å². The monoisotopic (exact) mass is 238 g/mol. The van der Waals surface area contributed by atoms with Gasteiger partial charge in [0.2, 0.25) is 0 Å². The second kappa shape index (κ2) is 5.77. The molecule has 0 saturated carbocycles. The number of rotatable bonds is 3. The molecule has 1 aromatic heterocycles. The van der Waals surface area contributed by atoms with Crippen molar-refractivity contribution in [2.24, 2.45) is 0 Å². The molecule has 3 nitrogen and oxygen atoms in total. The van der Waals surface area contributed by atoms with Crippen molar-refractivity contribution in [1.82, 2.24) is 4.98 Å². The number of hydrogen-bond acceptors (Lipinski definition) is 2. The van der Waals surface area contributed by atoms with Crippen LogP contribution >= 0.6 is 0 Å². The van der Waals surface area contributed by atoms with Gasteiger partial charge >= 0.3 is 0 Å². The lowest BCUT2D eigenvalue weighted by Gasteiger charge is -2.13. The van der Waals surface area contributed by atoms with E-state index >= 15 is 0 Å². The van der Waals surface area contributed by atoms with Crippen LogP contribution in [-0.4, -0.2) is 17.9 Å².